The summed E-state index contributed by atoms with van der Waals surface area (Å²) in [6, 6.07) is 3.87. The van der Waals surface area contributed by atoms with E-state index in [1.165, 1.54) is 58.3 Å². The lowest BCUT2D eigenvalue weighted by Gasteiger charge is -2.41. The molecule has 0 aromatic heterocycles. The summed E-state index contributed by atoms with van der Waals surface area (Å²) in [6.07, 6.45) is 8.35. The first kappa shape index (κ1) is 14.3. The van der Waals surface area contributed by atoms with Crippen LogP contribution in [0.5, 0.6) is 0 Å². The van der Waals surface area contributed by atoms with Crippen molar-refractivity contribution in [2.24, 2.45) is 0 Å². The van der Waals surface area contributed by atoms with E-state index in [0.29, 0.717) is 12.1 Å². The first-order chi connectivity index (χ1) is 9.71. The molecule has 112 valence electrons. The van der Waals surface area contributed by atoms with Gasteiger partial charge in [-0.15, -0.1) is 0 Å². The van der Waals surface area contributed by atoms with Gasteiger partial charge < -0.3 is 4.90 Å². The second-order valence-corrected chi connectivity index (χ2v) is 7.06. The number of hydrogen-bond acceptors (Lipinski definition) is 4. The third-order valence-electron chi connectivity index (χ3n) is 5.27. The Morgan fingerprint density at radius 2 is 1.95 bits per heavy atom. The van der Waals surface area contributed by atoms with Gasteiger partial charge in [0, 0.05) is 25.2 Å². The fourth-order valence-electron chi connectivity index (χ4n) is 3.87. The highest BCUT2D eigenvalue weighted by Gasteiger charge is 2.41. The molecule has 4 nitrogen and oxygen atoms in total. The van der Waals surface area contributed by atoms with Crippen LogP contribution in [-0.2, 0) is 0 Å². The molecule has 0 spiro atoms. The van der Waals surface area contributed by atoms with E-state index in [4.69, 9.17) is 0 Å². The molecule has 3 aliphatic rings. The quantitative estimate of drug-likeness (QED) is 0.850. The number of nitriles is 1. The van der Waals surface area contributed by atoms with Crippen LogP contribution in [0.3, 0.4) is 0 Å². The standard InChI is InChI=1S/C16H28N4/c1-19-8-3-9-20(11-10-19)15-4-2-7-16(12-15,13-17)18-14-5-6-14/h14-15,18H,2-12H2,1H3. The molecule has 0 aromatic rings. The van der Waals surface area contributed by atoms with Crippen molar-refractivity contribution in [3.05, 3.63) is 0 Å². The van der Waals surface area contributed by atoms with Crippen molar-refractivity contribution in [3.8, 4) is 6.07 Å². The van der Waals surface area contributed by atoms with Crippen molar-refractivity contribution in [1.29, 1.82) is 5.26 Å². The minimum Gasteiger partial charge on any atom is -0.305 e. The zero-order valence-corrected chi connectivity index (χ0v) is 12.8. The summed E-state index contributed by atoms with van der Waals surface area (Å²) in [7, 11) is 2.22. The topological polar surface area (TPSA) is 42.3 Å². The summed E-state index contributed by atoms with van der Waals surface area (Å²) in [4.78, 5) is 5.09. The maximum absolute atomic E-state index is 9.69. The number of hydrogen-bond donors (Lipinski definition) is 1. The molecule has 0 bridgehead atoms. The van der Waals surface area contributed by atoms with Gasteiger partial charge in [0.1, 0.15) is 5.54 Å². The first-order valence-electron chi connectivity index (χ1n) is 8.32. The Kier molecular flexibility index (Phi) is 4.30. The van der Waals surface area contributed by atoms with Gasteiger partial charge in [-0.3, -0.25) is 10.2 Å². The molecule has 0 aromatic carbocycles. The second-order valence-electron chi connectivity index (χ2n) is 7.06. The largest absolute Gasteiger partial charge is 0.305 e. The fraction of sp³-hybridized carbons (Fsp3) is 0.938. The maximum Gasteiger partial charge on any atom is 0.108 e. The second kappa shape index (κ2) is 6.01. The molecule has 2 saturated carbocycles. The molecule has 1 N–H and O–H groups in total. The summed E-state index contributed by atoms with van der Waals surface area (Å²) in [6.45, 7) is 4.77. The third-order valence-corrected chi connectivity index (χ3v) is 5.27. The molecular formula is C16H28N4. The molecule has 20 heavy (non-hydrogen) atoms. The highest BCUT2D eigenvalue weighted by molar-refractivity contribution is 5.13. The van der Waals surface area contributed by atoms with Gasteiger partial charge in [-0.05, 0) is 65.1 Å². The van der Waals surface area contributed by atoms with E-state index in [0.717, 1.165) is 12.8 Å². The van der Waals surface area contributed by atoms with E-state index >= 15 is 0 Å². The van der Waals surface area contributed by atoms with Crippen LogP contribution >= 0.6 is 0 Å². The minimum atomic E-state index is -0.234. The molecule has 1 aliphatic heterocycles. The van der Waals surface area contributed by atoms with Gasteiger partial charge in [0.05, 0.1) is 6.07 Å². The highest BCUT2D eigenvalue weighted by atomic mass is 15.2. The van der Waals surface area contributed by atoms with Gasteiger partial charge in [-0.1, -0.05) is 0 Å². The molecule has 0 amide bonds. The minimum absolute atomic E-state index is 0.234. The number of nitrogens with zero attached hydrogens (tertiary/aromatic N) is 3. The summed E-state index contributed by atoms with van der Waals surface area (Å²) in [5, 5.41) is 13.3. The number of nitrogens with one attached hydrogen (secondary N) is 1. The zero-order valence-electron chi connectivity index (χ0n) is 12.8. The van der Waals surface area contributed by atoms with Crippen molar-refractivity contribution >= 4 is 0 Å². The van der Waals surface area contributed by atoms with Crippen LogP contribution in [-0.4, -0.2) is 60.6 Å². The van der Waals surface area contributed by atoms with Crippen molar-refractivity contribution in [2.45, 2.75) is 62.6 Å². The molecule has 1 heterocycles. The van der Waals surface area contributed by atoms with E-state index < -0.39 is 0 Å². The summed E-state index contributed by atoms with van der Waals surface area (Å²) in [5.41, 5.74) is -0.234. The van der Waals surface area contributed by atoms with Crippen LogP contribution in [0.15, 0.2) is 0 Å². The molecular weight excluding hydrogens is 248 g/mol. The Morgan fingerprint density at radius 1 is 1.10 bits per heavy atom. The van der Waals surface area contributed by atoms with Gasteiger partial charge in [-0.25, -0.2) is 0 Å². The Labute approximate surface area is 123 Å². The average molecular weight is 276 g/mol. The van der Waals surface area contributed by atoms with Crippen molar-refractivity contribution < 1.29 is 0 Å². The van der Waals surface area contributed by atoms with Crippen molar-refractivity contribution in [3.63, 3.8) is 0 Å². The van der Waals surface area contributed by atoms with Crippen molar-refractivity contribution in [2.75, 3.05) is 33.2 Å². The summed E-state index contributed by atoms with van der Waals surface area (Å²) >= 11 is 0. The van der Waals surface area contributed by atoms with Crippen LogP contribution in [0.25, 0.3) is 0 Å². The van der Waals surface area contributed by atoms with Crippen LogP contribution in [0.2, 0.25) is 0 Å². The molecule has 2 atom stereocenters. The Bertz CT molecular complexity index is 373. The van der Waals surface area contributed by atoms with E-state index in [1.54, 1.807) is 0 Å². The fourth-order valence-corrected chi connectivity index (χ4v) is 3.87. The highest BCUT2D eigenvalue weighted by Crippen LogP contribution is 2.34. The SMILES string of the molecule is CN1CCCN(C2CCCC(C#N)(NC3CC3)C2)CC1. The van der Waals surface area contributed by atoms with Gasteiger partial charge in [0.15, 0.2) is 0 Å². The summed E-state index contributed by atoms with van der Waals surface area (Å²) < 4.78 is 0. The zero-order chi connectivity index (χ0) is 14.0. The maximum atomic E-state index is 9.69. The molecule has 3 rings (SSSR count). The lowest BCUT2D eigenvalue weighted by molar-refractivity contribution is 0.123. The lowest BCUT2D eigenvalue weighted by atomic mass is 9.79. The third kappa shape index (κ3) is 3.33. The van der Waals surface area contributed by atoms with Crippen LogP contribution in [0, 0.1) is 11.3 Å². The first-order valence-corrected chi connectivity index (χ1v) is 8.32. The van der Waals surface area contributed by atoms with E-state index in [9.17, 15) is 5.26 Å². The molecule has 0 radical (unpaired) electrons. The predicted octanol–water partition coefficient (Wildman–Crippen LogP) is 1.58. The lowest BCUT2D eigenvalue weighted by Crippen LogP contribution is -2.54. The number of likely N-dealkylation sites (N-methyl/N-ethyl adjacent to an activating group) is 1. The molecule has 3 fully saturated rings. The van der Waals surface area contributed by atoms with Gasteiger partial charge in [0.2, 0.25) is 0 Å². The average Bonchev–Trinajstić information content (AvgIpc) is 3.27. The number of rotatable bonds is 3. The predicted molar refractivity (Wildman–Crippen MR) is 80.4 cm³/mol. The van der Waals surface area contributed by atoms with Crippen molar-refractivity contribution in [1.82, 2.24) is 15.1 Å². The van der Waals surface area contributed by atoms with Gasteiger partial charge in [-0.2, -0.15) is 5.26 Å². The van der Waals surface area contributed by atoms with Crippen LogP contribution in [0.1, 0.15) is 44.9 Å². The van der Waals surface area contributed by atoms with E-state index in [2.05, 4.69) is 28.2 Å². The Hall–Kier alpha value is -0.630. The molecule has 1 saturated heterocycles. The van der Waals surface area contributed by atoms with Crippen LogP contribution < -0.4 is 5.32 Å². The normalized spacial score (nSPS) is 37.3. The molecule has 2 aliphatic carbocycles. The Balaban J connectivity index is 1.62. The summed E-state index contributed by atoms with van der Waals surface area (Å²) in [5.74, 6) is 0. The van der Waals surface area contributed by atoms with Crippen LogP contribution in [0.4, 0.5) is 0 Å². The smallest absolute Gasteiger partial charge is 0.108 e. The monoisotopic (exact) mass is 276 g/mol. The molecule has 4 heteroatoms. The van der Waals surface area contributed by atoms with E-state index in [1.807, 2.05) is 0 Å². The Morgan fingerprint density at radius 3 is 2.70 bits per heavy atom. The molecule has 2 unspecified atom stereocenters. The van der Waals surface area contributed by atoms with Gasteiger partial charge in [0.25, 0.3) is 0 Å². The van der Waals surface area contributed by atoms with E-state index in [-0.39, 0.29) is 5.54 Å². The van der Waals surface area contributed by atoms with Gasteiger partial charge >= 0.3 is 0 Å².